The van der Waals surface area contributed by atoms with E-state index in [0.717, 1.165) is 38.5 Å². The Kier molecular flexibility index (Phi) is 8.10. The molecule has 0 bridgehead atoms. The first-order chi connectivity index (χ1) is 11.8. The largest absolute Gasteiger partial charge is 0.385 e. The van der Waals surface area contributed by atoms with Crippen molar-refractivity contribution in [2.45, 2.75) is 50.4 Å². The molecule has 0 saturated heterocycles. The van der Waals surface area contributed by atoms with E-state index in [0.29, 0.717) is 0 Å². The van der Waals surface area contributed by atoms with Crippen molar-refractivity contribution in [2.75, 3.05) is 33.9 Å². The molecule has 24 heavy (non-hydrogen) atoms. The van der Waals surface area contributed by atoms with Gasteiger partial charge in [0, 0.05) is 39.3 Å². The van der Waals surface area contributed by atoms with Gasteiger partial charge in [-0.1, -0.05) is 43.2 Å². The van der Waals surface area contributed by atoms with Gasteiger partial charge in [0.25, 0.3) is 0 Å². The predicted molar refractivity (Wildman–Crippen MR) is 102 cm³/mol. The normalized spacial score (nSPS) is 17.0. The first-order valence-corrected chi connectivity index (χ1v) is 9.30. The number of hydrogen-bond acceptors (Lipinski definition) is 2. The molecule has 0 aliphatic heterocycles. The maximum atomic E-state index is 5.08. The standard InChI is InChI=1S/C20H33N3O/c1-21-19(22-15-9-4-10-16-24-2)23-17-20(13-7-8-14-20)18-11-5-3-6-12-18/h3,5-6,11-12H,4,7-10,13-17H2,1-2H3,(H2,21,22,23). The van der Waals surface area contributed by atoms with Crippen molar-refractivity contribution in [3.63, 3.8) is 0 Å². The van der Waals surface area contributed by atoms with Crippen LogP contribution < -0.4 is 10.6 Å². The van der Waals surface area contributed by atoms with Crippen molar-refractivity contribution in [2.24, 2.45) is 4.99 Å². The molecule has 134 valence electrons. The average Bonchev–Trinajstić information content (AvgIpc) is 3.11. The van der Waals surface area contributed by atoms with Gasteiger partial charge in [-0.15, -0.1) is 0 Å². The molecule has 2 rings (SSSR count). The lowest BCUT2D eigenvalue weighted by molar-refractivity contribution is 0.192. The molecule has 1 aliphatic carbocycles. The number of methoxy groups -OCH3 is 1. The molecule has 2 N–H and O–H groups in total. The molecule has 0 heterocycles. The minimum atomic E-state index is 0.261. The highest BCUT2D eigenvalue weighted by atomic mass is 16.5. The quantitative estimate of drug-likeness (QED) is 0.414. The van der Waals surface area contributed by atoms with Gasteiger partial charge in [0.05, 0.1) is 0 Å². The van der Waals surface area contributed by atoms with Gasteiger partial charge in [-0.2, -0.15) is 0 Å². The van der Waals surface area contributed by atoms with Crippen LogP contribution in [0.2, 0.25) is 0 Å². The fraction of sp³-hybridized carbons (Fsp3) is 0.650. The van der Waals surface area contributed by atoms with E-state index >= 15 is 0 Å². The average molecular weight is 332 g/mol. The second kappa shape index (κ2) is 10.3. The molecular formula is C20H33N3O. The van der Waals surface area contributed by atoms with E-state index in [-0.39, 0.29) is 5.41 Å². The molecule has 0 spiro atoms. The molecule has 0 aromatic heterocycles. The van der Waals surface area contributed by atoms with Crippen LogP contribution in [0.4, 0.5) is 0 Å². The summed E-state index contributed by atoms with van der Waals surface area (Å²) in [6.07, 6.45) is 8.63. The second-order valence-corrected chi connectivity index (χ2v) is 6.76. The Labute approximate surface area is 147 Å². The fourth-order valence-corrected chi connectivity index (χ4v) is 3.64. The lowest BCUT2D eigenvalue weighted by Crippen LogP contribution is -2.45. The molecule has 0 radical (unpaired) electrons. The molecular weight excluding hydrogens is 298 g/mol. The van der Waals surface area contributed by atoms with E-state index in [4.69, 9.17) is 4.74 Å². The molecule has 1 saturated carbocycles. The van der Waals surface area contributed by atoms with Crippen molar-refractivity contribution >= 4 is 5.96 Å². The van der Waals surface area contributed by atoms with Gasteiger partial charge in [-0.05, 0) is 37.7 Å². The van der Waals surface area contributed by atoms with Crippen LogP contribution in [0.1, 0.15) is 50.5 Å². The molecule has 0 unspecified atom stereocenters. The van der Waals surface area contributed by atoms with Gasteiger partial charge >= 0.3 is 0 Å². The highest BCUT2D eigenvalue weighted by molar-refractivity contribution is 5.79. The van der Waals surface area contributed by atoms with E-state index in [1.54, 1.807) is 7.11 Å². The molecule has 4 nitrogen and oxygen atoms in total. The zero-order chi connectivity index (χ0) is 17.1. The number of hydrogen-bond donors (Lipinski definition) is 2. The molecule has 0 amide bonds. The van der Waals surface area contributed by atoms with Crippen molar-refractivity contribution < 1.29 is 4.74 Å². The first kappa shape index (κ1) is 18.8. The zero-order valence-electron chi connectivity index (χ0n) is 15.3. The van der Waals surface area contributed by atoms with Crippen LogP contribution in [0.15, 0.2) is 35.3 Å². The number of guanidine groups is 1. The third kappa shape index (κ3) is 5.52. The van der Waals surface area contributed by atoms with E-state index in [9.17, 15) is 0 Å². The molecule has 1 fully saturated rings. The molecule has 4 heteroatoms. The summed E-state index contributed by atoms with van der Waals surface area (Å²) in [4.78, 5) is 4.38. The number of rotatable bonds is 9. The Hall–Kier alpha value is -1.55. The monoisotopic (exact) mass is 331 g/mol. The highest BCUT2D eigenvalue weighted by Crippen LogP contribution is 2.40. The van der Waals surface area contributed by atoms with Gasteiger partial charge in [0.2, 0.25) is 0 Å². The van der Waals surface area contributed by atoms with Gasteiger partial charge in [0.15, 0.2) is 5.96 Å². The van der Waals surface area contributed by atoms with Crippen molar-refractivity contribution in [1.82, 2.24) is 10.6 Å². The van der Waals surface area contributed by atoms with E-state index in [2.05, 4.69) is 46.0 Å². The summed E-state index contributed by atoms with van der Waals surface area (Å²) >= 11 is 0. The molecule has 1 aromatic rings. The van der Waals surface area contributed by atoms with Crippen LogP contribution in [-0.2, 0) is 10.2 Å². The van der Waals surface area contributed by atoms with E-state index < -0.39 is 0 Å². The summed E-state index contributed by atoms with van der Waals surface area (Å²) in [7, 11) is 3.61. The molecule has 1 aromatic carbocycles. The lowest BCUT2D eigenvalue weighted by Gasteiger charge is -2.30. The van der Waals surface area contributed by atoms with Crippen LogP contribution in [-0.4, -0.2) is 39.8 Å². The summed E-state index contributed by atoms with van der Waals surface area (Å²) in [5.74, 6) is 0.920. The van der Waals surface area contributed by atoms with Crippen LogP contribution >= 0.6 is 0 Å². The fourth-order valence-electron chi connectivity index (χ4n) is 3.64. The minimum Gasteiger partial charge on any atom is -0.385 e. The summed E-state index contributed by atoms with van der Waals surface area (Å²) in [5, 5.41) is 7.00. The molecule has 1 aliphatic rings. The van der Waals surface area contributed by atoms with Crippen LogP contribution in [0.3, 0.4) is 0 Å². The number of unbranched alkanes of at least 4 members (excludes halogenated alkanes) is 2. The minimum absolute atomic E-state index is 0.261. The third-order valence-electron chi connectivity index (χ3n) is 5.08. The Balaban J connectivity index is 1.80. The summed E-state index contributed by atoms with van der Waals surface area (Å²) in [6, 6.07) is 11.0. The smallest absolute Gasteiger partial charge is 0.191 e. The van der Waals surface area contributed by atoms with Crippen LogP contribution in [0.5, 0.6) is 0 Å². The van der Waals surface area contributed by atoms with Crippen LogP contribution in [0, 0.1) is 0 Å². The Morgan fingerprint density at radius 2 is 1.83 bits per heavy atom. The summed E-state index contributed by atoms with van der Waals surface area (Å²) in [6.45, 7) is 2.77. The van der Waals surface area contributed by atoms with Gasteiger partial charge in [0.1, 0.15) is 0 Å². The van der Waals surface area contributed by atoms with Crippen molar-refractivity contribution in [3.8, 4) is 0 Å². The predicted octanol–water partition coefficient (Wildman–Crippen LogP) is 3.48. The molecule has 0 atom stereocenters. The number of ether oxygens (including phenoxy) is 1. The third-order valence-corrected chi connectivity index (χ3v) is 5.08. The van der Waals surface area contributed by atoms with Gasteiger partial charge < -0.3 is 15.4 Å². The second-order valence-electron chi connectivity index (χ2n) is 6.76. The number of aliphatic imine (C=N–C) groups is 1. The van der Waals surface area contributed by atoms with E-state index in [1.807, 2.05) is 7.05 Å². The zero-order valence-corrected chi connectivity index (χ0v) is 15.3. The topological polar surface area (TPSA) is 45.7 Å². The maximum absolute atomic E-state index is 5.08. The highest BCUT2D eigenvalue weighted by Gasteiger charge is 2.35. The van der Waals surface area contributed by atoms with Gasteiger partial charge in [-0.25, -0.2) is 0 Å². The Morgan fingerprint density at radius 3 is 2.50 bits per heavy atom. The van der Waals surface area contributed by atoms with E-state index in [1.165, 1.54) is 37.7 Å². The Morgan fingerprint density at radius 1 is 1.08 bits per heavy atom. The van der Waals surface area contributed by atoms with Gasteiger partial charge in [-0.3, -0.25) is 4.99 Å². The summed E-state index contributed by atoms with van der Waals surface area (Å²) < 4.78 is 5.08. The number of benzene rings is 1. The maximum Gasteiger partial charge on any atom is 0.191 e. The number of nitrogens with one attached hydrogen (secondary N) is 2. The summed E-state index contributed by atoms with van der Waals surface area (Å²) in [5.41, 5.74) is 1.72. The number of nitrogens with zero attached hydrogens (tertiary/aromatic N) is 1. The van der Waals surface area contributed by atoms with Crippen molar-refractivity contribution in [1.29, 1.82) is 0 Å². The first-order valence-electron chi connectivity index (χ1n) is 9.30. The van der Waals surface area contributed by atoms with Crippen LogP contribution in [0.25, 0.3) is 0 Å². The SMILES string of the molecule is CN=C(NCCCCCOC)NCC1(c2ccccc2)CCCC1. The van der Waals surface area contributed by atoms with Crippen molar-refractivity contribution in [3.05, 3.63) is 35.9 Å². The Bertz CT molecular complexity index is 481. The lowest BCUT2D eigenvalue weighted by atomic mass is 9.79.